The van der Waals surface area contributed by atoms with E-state index < -0.39 is 0 Å². The Morgan fingerprint density at radius 3 is 2.42 bits per heavy atom. The van der Waals surface area contributed by atoms with Crippen LogP contribution in [0.1, 0.15) is 63.4 Å². The molecule has 24 heavy (non-hydrogen) atoms. The Morgan fingerprint density at radius 2 is 1.79 bits per heavy atom. The molecule has 5 heteroatoms. The summed E-state index contributed by atoms with van der Waals surface area (Å²) in [7, 11) is 0. The van der Waals surface area contributed by atoms with Gasteiger partial charge in [-0.15, -0.1) is 0 Å². The molecule has 0 aliphatic heterocycles. The summed E-state index contributed by atoms with van der Waals surface area (Å²) in [6.45, 7) is 6.76. The average molecular weight is 329 g/mol. The van der Waals surface area contributed by atoms with Gasteiger partial charge in [0.05, 0.1) is 5.39 Å². The first-order valence-corrected chi connectivity index (χ1v) is 8.93. The predicted molar refractivity (Wildman–Crippen MR) is 97.4 cm³/mol. The van der Waals surface area contributed by atoms with Crippen LogP contribution >= 0.6 is 0 Å². The van der Waals surface area contributed by atoms with E-state index in [1.54, 1.807) is 12.1 Å². The van der Waals surface area contributed by atoms with Crippen molar-refractivity contribution in [2.75, 3.05) is 0 Å². The molecule has 0 saturated carbocycles. The molecule has 1 aromatic carbocycles. The molecule has 0 bridgehead atoms. The number of hydrogen-bond acceptors (Lipinski definition) is 3. The van der Waals surface area contributed by atoms with Gasteiger partial charge in [0.2, 0.25) is 0 Å². The maximum absolute atomic E-state index is 12.7. The number of nitrogens with zero attached hydrogens (tertiary/aromatic N) is 2. The van der Waals surface area contributed by atoms with E-state index in [1.165, 1.54) is 4.68 Å². The van der Waals surface area contributed by atoms with Gasteiger partial charge in [-0.25, -0.2) is 4.68 Å². The van der Waals surface area contributed by atoms with Crippen LogP contribution in [0.3, 0.4) is 0 Å². The van der Waals surface area contributed by atoms with Crippen LogP contribution in [-0.4, -0.2) is 21.7 Å². The largest absolute Gasteiger partial charge is 0.348 e. The molecular formula is C19H27N3O2. The maximum Gasteiger partial charge on any atom is 0.274 e. The first-order valence-electron chi connectivity index (χ1n) is 8.93. The summed E-state index contributed by atoms with van der Waals surface area (Å²) in [5.74, 6) is -0.204. The van der Waals surface area contributed by atoms with E-state index in [1.807, 2.05) is 26.0 Å². The van der Waals surface area contributed by atoms with Crippen molar-refractivity contribution < 1.29 is 4.79 Å². The molecule has 0 saturated heterocycles. The van der Waals surface area contributed by atoms with Crippen LogP contribution in [-0.2, 0) is 6.54 Å². The standard InChI is InChI=1S/C19H27N3O2/c1-4-7-10-13-22-19(24)16-12-9-8-11-15(16)17(21-22)18(23)20-14(5-2)6-3/h8-9,11-12,14H,4-7,10,13H2,1-3H3,(H,20,23). The lowest BCUT2D eigenvalue weighted by molar-refractivity contribution is 0.0929. The monoisotopic (exact) mass is 329 g/mol. The molecule has 1 N–H and O–H groups in total. The summed E-state index contributed by atoms with van der Waals surface area (Å²) < 4.78 is 1.44. The summed E-state index contributed by atoms with van der Waals surface area (Å²) in [4.78, 5) is 25.3. The highest BCUT2D eigenvalue weighted by Gasteiger charge is 2.18. The van der Waals surface area contributed by atoms with Crippen molar-refractivity contribution in [1.82, 2.24) is 15.1 Å². The third-order valence-electron chi connectivity index (χ3n) is 4.38. The summed E-state index contributed by atoms with van der Waals surface area (Å²) in [5.41, 5.74) is 0.217. The van der Waals surface area contributed by atoms with E-state index in [0.29, 0.717) is 23.0 Å². The SMILES string of the molecule is CCCCCn1nc(C(=O)NC(CC)CC)c2ccccc2c1=O. The van der Waals surface area contributed by atoms with E-state index >= 15 is 0 Å². The molecule has 0 radical (unpaired) electrons. The lowest BCUT2D eigenvalue weighted by Crippen LogP contribution is -2.36. The summed E-state index contributed by atoms with van der Waals surface area (Å²) in [6.07, 6.45) is 4.74. The number of hydrogen-bond donors (Lipinski definition) is 1. The van der Waals surface area contributed by atoms with Crippen molar-refractivity contribution in [3.63, 3.8) is 0 Å². The van der Waals surface area contributed by atoms with Crippen LogP contribution in [0.4, 0.5) is 0 Å². The van der Waals surface area contributed by atoms with Crippen molar-refractivity contribution >= 4 is 16.7 Å². The van der Waals surface area contributed by atoms with Crippen LogP contribution < -0.4 is 10.9 Å². The highest BCUT2D eigenvalue weighted by Crippen LogP contribution is 2.14. The molecular weight excluding hydrogens is 302 g/mol. The summed E-state index contributed by atoms with van der Waals surface area (Å²) in [6, 6.07) is 7.34. The first kappa shape index (κ1) is 18.2. The van der Waals surface area contributed by atoms with Crippen LogP contribution in [0.15, 0.2) is 29.1 Å². The number of carbonyl (C=O) groups excluding carboxylic acids is 1. The highest BCUT2D eigenvalue weighted by atomic mass is 16.2. The Bertz CT molecular complexity index is 748. The third kappa shape index (κ3) is 4.02. The molecule has 1 amide bonds. The molecule has 0 unspecified atom stereocenters. The van der Waals surface area contributed by atoms with Gasteiger partial charge >= 0.3 is 0 Å². The molecule has 1 heterocycles. The fourth-order valence-corrected chi connectivity index (χ4v) is 2.81. The molecule has 5 nitrogen and oxygen atoms in total. The molecule has 2 aromatic rings. The molecule has 0 aliphatic rings. The number of aromatic nitrogens is 2. The van der Waals surface area contributed by atoms with E-state index in [9.17, 15) is 9.59 Å². The van der Waals surface area contributed by atoms with Crippen LogP contribution in [0.25, 0.3) is 10.8 Å². The number of nitrogens with one attached hydrogen (secondary N) is 1. The number of amides is 1. The summed E-state index contributed by atoms with van der Waals surface area (Å²) >= 11 is 0. The van der Waals surface area contributed by atoms with E-state index in [4.69, 9.17) is 0 Å². The van der Waals surface area contributed by atoms with Gasteiger partial charge in [0.15, 0.2) is 5.69 Å². The van der Waals surface area contributed by atoms with Crippen molar-refractivity contribution in [3.05, 3.63) is 40.3 Å². The molecule has 2 rings (SSSR count). The molecule has 130 valence electrons. The second-order valence-corrected chi connectivity index (χ2v) is 6.12. The Kier molecular flexibility index (Phi) is 6.53. The fraction of sp³-hybridized carbons (Fsp3) is 0.526. The van der Waals surface area contributed by atoms with Gasteiger partial charge in [0, 0.05) is 18.0 Å². The minimum atomic E-state index is -0.204. The lowest BCUT2D eigenvalue weighted by atomic mass is 10.1. The van der Waals surface area contributed by atoms with Crippen molar-refractivity contribution in [2.45, 2.75) is 65.5 Å². The van der Waals surface area contributed by atoms with Gasteiger partial charge in [-0.1, -0.05) is 51.8 Å². The zero-order chi connectivity index (χ0) is 17.5. The average Bonchev–Trinajstić information content (AvgIpc) is 2.61. The van der Waals surface area contributed by atoms with E-state index in [2.05, 4.69) is 17.3 Å². The zero-order valence-corrected chi connectivity index (χ0v) is 14.8. The number of carbonyl (C=O) groups is 1. The van der Waals surface area contributed by atoms with Gasteiger partial charge in [0.1, 0.15) is 0 Å². The van der Waals surface area contributed by atoms with Crippen molar-refractivity contribution in [1.29, 1.82) is 0 Å². The Labute approximate surface area is 143 Å². The minimum Gasteiger partial charge on any atom is -0.348 e. The van der Waals surface area contributed by atoms with Crippen molar-refractivity contribution in [3.8, 4) is 0 Å². The predicted octanol–water partition coefficient (Wildman–Crippen LogP) is 3.51. The Balaban J connectivity index is 2.45. The van der Waals surface area contributed by atoms with Crippen LogP contribution in [0.2, 0.25) is 0 Å². The number of benzene rings is 1. The number of aryl methyl sites for hydroxylation is 1. The molecule has 1 aromatic heterocycles. The first-order chi connectivity index (χ1) is 11.6. The maximum atomic E-state index is 12.7. The topological polar surface area (TPSA) is 64.0 Å². The Hall–Kier alpha value is -2.17. The quantitative estimate of drug-likeness (QED) is 0.754. The normalized spacial score (nSPS) is 11.2. The number of fused-ring (bicyclic) bond motifs is 1. The second kappa shape index (κ2) is 8.62. The van der Waals surface area contributed by atoms with Gasteiger partial charge in [-0.3, -0.25) is 9.59 Å². The second-order valence-electron chi connectivity index (χ2n) is 6.12. The number of unbranched alkanes of at least 4 members (excludes halogenated alkanes) is 2. The van der Waals surface area contributed by atoms with Gasteiger partial charge in [-0.05, 0) is 25.3 Å². The Morgan fingerprint density at radius 1 is 1.12 bits per heavy atom. The van der Waals surface area contributed by atoms with Gasteiger partial charge < -0.3 is 5.32 Å². The van der Waals surface area contributed by atoms with E-state index in [0.717, 1.165) is 32.1 Å². The number of rotatable bonds is 8. The highest BCUT2D eigenvalue weighted by molar-refractivity contribution is 6.04. The van der Waals surface area contributed by atoms with Gasteiger partial charge in [0.25, 0.3) is 11.5 Å². The molecule has 0 spiro atoms. The molecule has 0 aliphatic carbocycles. The van der Waals surface area contributed by atoms with E-state index in [-0.39, 0.29) is 17.5 Å². The fourth-order valence-electron chi connectivity index (χ4n) is 2.81. The van der Waals surface area contributed by atoms with Crippen LogP contribution in [0, 0.1) is 0 Å². The molecule has 0 fully saturated rings. The zero-order valence-electron chi connectivity index (χ0n) is 14.8. The smallest absolute Gasteiger partial charge is 0.274 e. The lowest BCUT2D eigenvalue weighted by Gasteiger charge is -2.16. The van der Waals surface area contributed by atoms with Crippen molar-refractivity contribution in [2.24, 2.45) is 0 Å². The molecule has 0 atom stereocenters. The van der Waals surface area contributed by atoms with Gasteiger partial charge in [-0.2, -0.15) is 5.10 Å². The summed E-state index contributed by atoms with van der Waals surface area (Å²) in [5, 5.41) is 8.59. The van der Waals surface area contributed by atoms with Crippen LogP contribution in [0.5, 0.6) is 0 Å². The third-order valence-corrected chi connectivity index (χ3v) is 4.38. The minimum absolute atomic E-state index is 0.124.